The number of hydrogen-bond acceptors (Lipinski definition) is 0. The summed E-state index contributed by atoms with van der Waals surface area (Å²) in [6, 6.07) is 0. The highest BCUT2D eigenvalue weighted by Crippen LogP contribution is 2.20. The molecule has 0 saturated carbocycles. The molecule has 0 aromatic heterocycles. The van der Waals surface area contributed by atoms with Crippen molar-refractivity contribution in [2.24, 2.45) is 5.92 Å². The normalized spacial score (nSPS) is 18.2. The number of rotatable bonds is 4. The molecule has 0 radical (unpaired) electrons. The maximum Gasteiger partial charge on any atom is -0.0234 e. The minimum absolute atomic E-state index is 0.663. The summed E-state index contributed by atoms with van der Waals surface area (Å²) < 4.78 is 0. The largest absolute Gasteiger partial charge is 0.0999 e. The van der Waals surface area contributed by atoms with Crippen LogP contribution in [-0.2, 0) is 0 Å². The zero-order chi connectivity index (χ0) is 9.68. The van der Waals surface area contributed by atoms with Gasteiger partial charge in [-0.15, -0.1) is 0 Å². The Kier molecular flexibility index (Phi) is 4.01. The van der Waals surface area contributed by atoms with Crippen molar-refractivity contribution in [1.82, 2.24) is 0 Å². The summed E-state index contributed by atoms with van der Waals surface area (Å²) in [7, 11) is 0. The Morgan fingerprint density at radius 2 is 2.31 bits per heavy atom. The van der Waals surface area contributed by atoms with Crippen LogP contribution >= 0.6 is 0 Å². The summed E-state index contributed by atoms with van der Waals surface area (Å²) in [5.41, 5.74) is 2.82. The monoisotopic (exact) mass is 176 g/mol. The van der Waals surface area contributed by atoms with Gasteiger partial charge in [0, 0.05) is 0 Å². The first-order valence-corrected chi connectivity index (χ1v) is 5.21. The SMILES string of the molecule is C=C(C)C(C)CCC1=CCCC=C1. The van der Waals surface area contributed by atoms with E-state index in [0.29, 0.717) is 5.92 Å². The molecule has 0 heterocycles. The van der Waals surface area contributed by atoms with Gasteiger partial charge in [0.2, 0.25) is 0 Å². The quantitative estimate of drug-likeness (QED) is 0.561. The molecule has 0 saturated heterocycles. The van der Waals surface area contributed by atoms with Crippen LogP contribution in [0.4, 0.5) is 0 Å². The van der Waals surface area contributed by atoms with E-state index in [4.69, 9.17) is 0 Å². The maximum absolute atomic E-state index is 3.98. The lowest BCUT2D eigenvalue weighted by atomic mass is 9.94. The van der Waals surface area contributed by atoms with E-state index in [2.05, 4.69) is 38.7 Å². The summed E-state index contributed by atoms with van der Waals surface area (Å²) in [5.74, 6) is 0.663. The van der Waals surface area contributed by atoms with Gasteiger partial charge in [0.1, 0.15) is 0 Å². The number of allylic oxidation sites excluding steroid dienone is 5. The van der Waals surface area contributed by atoms with Gasteiger partial charge in [0.25, 0.3) is 0 Å². The topological polar surface area (TPSA) is 0 Å². The molecule has 0 aromatic carbocycles. The van der Waals surface area contributed by atoms with Crippen molar-refractivity contribution >= 4 is 0 Å². The molecule has 1 rings (SSSR count). The Hall–Kier alpha value is -0.780. The minimum atomic E-state index is 0.663. The highest BCUT2D eigenvalue weighted by Gasteiger charge is 2.04. The smallest absolute Gasteiger partial charge is 0.0234 e. The standard InChI is InChI=1S/C13H20/c1-11(2)12(3)9-10-13-7-5-4-6-8-13/h5,7-8,12H,1,4,6,9-10H2,2-3H3. The molecule has 0 N–H and O–H groups in total. The summed E-state index contributed by atoms with van der Waals surface area (Å²) in [4.78, 5) is 0. The van der Waals surface area contributed by atoms with Gasteiger partial charge >= 0.3 is 0 Å². The molecule has 0 bridgehead atoms. The third-order valence-corrected chi connectivity index (χ3v) is 2.78. The van der Waals surface area contributed by atoms with Crippen LogP contribution in [0.3, 0.4) is 0 Å². The lowest BCUT2D eigenvalue weighted by molar-refractivity contribution is 0.615. The van der Waals surface area contributed by atoms with Crippen LogP contribution in [0.1, 0.15) is 39.5 Å². The molecular formula is C13H20. The van der Waals surface area contributed by atoms with Crippen LogP contribution in [0.25, 0.3) is 0 Å². The third kappa shape index (κ3) is 3.63. The molecule has 1 atom stereocenters. The van der Waals surface area contributed by atoms with Crippen LogP contribution in [-0.4, -0.2) is 0 Å². The fraction of sp³-hybridized carbons (Fsp3) is 0.538. The van der Waals surface area contributed by atoms with Crippen LogP contribution in [0.5, 0.6) is 0 Å². The third-order valence-electron chi connectivity index (χ3n) is 2.78. The lowest BCUT2D eigenvalue weighted by Crippen LogP contribution is -1.96. The predicted molar refractivity (Wildman–Crippen MR) is 59.7 cm³/mol. The average molecular weight is 176 g/mol. The Labute approximate surface area is 82.0 Å². The van der Waals surface area contributed by atoms with Gasteiger partial charge in [-0.25, -0.2) is 0 Å². The van der Waals surface area contributed by atoms with E-state index in [1.54, 1.807) is 0 Å². The lowest BCUT2D eigenvalue weighted by Gasteiger charge is -2.12. The first-order chi connectivity index (χ1) is 6.20. The summed E-state index contributed by atoms with van der Waals surface area (Å²) in [5, 5.41) is 0. The molecule has 1 aliphatic rings. The van der Waals surface area contributed by atoms with Crippen molar-refractivity contribution in [3.05, 3.63) is 36.0 Å². The van der Waals surface area contributed by atoms with E-state index >= 15 is 0 Å². The van der Waals surface area contributed by atoms with Gasteiger partial charge in [-0.1, -0.05) is 42.9 Å². The second kappa shape index (κ2) is 5.06. The van der Waals surface area contributed by atoms with Gasteiger partial charge in [-0.3, -0.25) is 0 Å². The van der Waals surface area contributed by atoms with Gasteiger partial charge in [0.15, 0.2) is 0 Å². The molecule has 0 spiro atoms. The van der Waals surface area contributed by atoms with Gasteiger partial charge in [-0.2, -0.15) is 0 Å². The van der Waals surface area contributed by atoms with Crippen molar-refractivity contribution in [2.75, 3.05) is 0 Å². The Balaban J connectivity index is 2.29. The van der Waals surface area contributed by atoms with E-state index < -0.39 is 0 Å². The summed E-state index contributed by atoms with van der Waals surface area (Å²) in [6.45, 7) is 8.36. The molecule has 1 unspecified atom stereocenters. The van der Waals surface area contributed by atoms with Crippen molar-refractivity contribution in [2.45, 2.75) is 39.5 Å². The van der Waals surface area contributed by atoms with E-state index in [0.717, 1.165) is 0 Å². The van der Waals surface area contributed by atoms with Crippen molar-refractivity contribution in [3.63, 3.8) is 0 Å². The molecule has 72 valence electrons. The molecule has 0 amide bonds. The second-order valence-electron chi connectivity index (χ2n) is 4.04. The highest BCUT2D eigenvalue weighted by molar-refractivity contribution is 5.22. The summed E-state index contributed by atoms with van der Waals surface area (Å²) >= 11 is 0. The fourth-order valence-electron chi connectivity index (χ4n) is 1.48. The van der Waals surface area contributed by atoms with Crippen LogP contribution in [0.2, 0.25) is 0 Å². The van der Waals surface area contributed by atoms with Crippen LogP contribution < -0.4 is 0 Å². The Morgan fingerprint density at radius 3 is 2.85 bits per heavy atom. The molecule has 1 aliphatic carbocycles. The minimum Gasteiger partial charge on any atom is -0.0999 e. The van der Waals surface area contributed by atoms with Gasteiger partial charge in [-0.05, 0) is 38.5 Å². The van der Waals surface area contributed by atoms with E-state index in [9.17, 15) is 0 Å². The summed E-state index contributed by atoms with van der Waals surface area (Å²) in [6.07, 6.45) is 11.8. The van der Waals surface area contributed by atoms with Crippen molar-refractivity contribution < 1.29 is 0 Å². The first-order valence-electron chi connectivity index (χ1n) is 5.21. The predicted octanol–water partition coefficient (Wildman–Crippen LogP) is 4.26. The fourth-order valence-corrected chi connectivity index (χ4v) is 1.48. The number of hydrogen-bond donors (Lipinski definition) is 0. The zero-order valence-electron chi connectivity index (χ0n) is 8.84. The molecule has 0 heteroatoms. The zero-order valence-corrected chi connectivity index (χ0v) is 8.84. The Bertz CT molecular complexity index is 230. The highest BCUT2D eigenvalue weighted by atomic mass is 14.1. The second-order valence-corrected chi connectivity index (χ2v) is 4.04. The average Bonchev–Trinajstić information content (AvgIpc) is 2.15. The van der Waals surface area contributed by atoms with E-state index in [-0.39, 0.29) is 0 Å². The Morgan fingerprint density at radius 1 is 1.54 bits per heavy atom. The van der Waals surface area contributed by atoms with Crippen molar-refractivity contribution in [1.29, 1.82) is 0 Å². The van der Waals surface area contributed by atoms with Crippen molar-refractivity contribution in [3.8, 4) is 0 Å². The van der Waals surface area contributed by atoms with Gasteiger partial charge in [0.05, 0.1) is 0 Å². The first kappa shape index (κ1) is 10.3. The molecule has 0 aliphatic heterocycles. The van der Waals surface area contributed by atoms with E-state index in [1.165, 1.54) is 36.8 Å². The van der Waals surface area contributed by atoms with Crippen LogP contribution in [0.15, 0.2) is 36.0 Å². The molecule has 13 heavy (non-hydrogen) atoms. The van der Waals surface area contributed by atoms with Gasteiger partial charge < -0.3 is 0 Å². The van der Waals surface area contributed by atoms with E-state index in [1.807, 2.05) is 0 Å². The molecule has 0 aromatic rings. The molecular weight excluding hydrogens is 156 g/mol. The van der Waals surface area contributed by atoms with Crippen LogP contribution in [0, 0.1) is 5.92 Å². The maximum atomic E-state index is 3.98. The molecule has 0 fully saturated rings. The molecule has 0 nitrogen and oxygen atoms in total.